The predicted molar refractivity (Wildman–Crippen MR) is 74.8 cm³/mol. The molecule has 2 N–H and O–H groups in total. The van der Waals surface area contributed by atoms with E-state index >= 15 is 0 Å². The normalized spacial score (nSPS) is 23.8. The molecule has 1 aliphatic heterocycles. The van der Waals surface area contributed by atoms with Gasteiger partial charge in [-0.2, -0.15) is 0 Å². The molecule has 1 heterocycles. The molecule has 2 atom stereocenters. The molecule has 1 saturated heterocycles. The van der Waals surface area contributed by atoms with Crippen LogP contribution in [-0.2, 0) is 4.79 Å². The second kappa shape index (κ2) is 5.25. The van der Waals surface area contributed by atoms with Crippen molar-refractivity contribution in [2.45, 2.75) is 26.3 Å². The number of nitrogen functional groups attached to an aromatic ring is 1. The number of hydrogen-bond donors (Lipinski definition) is 1. The fraction of sp³-hybridized carbons (Fsp3) is 0.400. The first kappa shape index (κ1) is 12.7. The smallest absolute Gasteiger partial charge is 0.246 e. The van der Waals surface area contributed by atoms with Crippen LogP contribution in [-0.4, -0.2) is 23.4 Å². The highest BCUT2D eigenvalue weighted by Crippen LogP contribution is 2.22. The van der Waals surface area contributed by atoms with E-state index in [2.05, 4.69) is 13.8 Å². The average molecular weight is 244 g/mol. The number of amides is 1. The summed E-state index contributed by atoms with van der Waals surface area (Å²) in [6, 6.07) is 7.85. The highest BCUT2D eigenvalue weighted by Gasteiger charge is 2.28. The molecule has 1 aliphatic rings. The molecule has 0 spiro atoms. The summed E-state index contributed by atoms with van der Waals surface area (Å²) in [4.78, 5) is 14.0. The van der Waals surface area contributed by atoms with Crippen LogP contribution in [0.25, 0.3) is 6.08 Å². The van der Waals surface area contributed by atoms with E-state index in [1.54, 1.807) is 6.08 Å². The van der Waals surface area contributed by atoms with Crippen molar-refractivity contribution in [1.29, 1.82) is 0 Å². The minimum atomic E-state index is 0.101. The van der Waals surface area contributed by atoms with Crippen LogP contribution in [0.1, 0.15) is 25.8 Å². The van der Waals surface area contributed by atoms with Gasteiger partial charge in [-0.25, -0.2) is 0 Å². The monoisotopic (exact) mass is 244 g/mol. The van der Waals surface area contributed by atoms with Crippen LogP contribution >= 0.6 is 0 Å². The number of nitrogens with zero attached hydrogens (tertiary/aromatic N) is 1. The summed E-state index contributed by atoms with van der Waals surface area (Å²) in [5.41, 5.74) is 7.35. The van der Waals surface area contributed by atoms with Gasteiger partial charge < -0.3 is 10.6 Å². The lowest BCUT2D eigenvalue weighted by Crippen LogP contribution is -2.32. The van der Waals surface area contributed by atoms with Crippen molar-refractivity contribution in [3.05, 3.63) is 35.9 Å². The van der Waals surface area contributed by atoms with E-state index in [1.165, 1.54) is 0 Å². The Bertz CT molecular complexity index is 450. The van der Waals surface area contributed by atoms with Crippen molar-refractivity contribution < 1.29 is 4.79 Å². The molecule has 0 radical (unpaired) electrons. The maximum Gasteiger partial charge on any atom is 0.246 e. The van der Waals surface area contributed by atoms with Gasteiger partial charge in [0.05, 0.1) is 0 Å². The molecule has 1 fully saturated rings. The Balaban J connectivity index is 2.01. The Morgan fingerprint density at radius 2 is 2.00 bits per heavy atom. The maximum absolute atomic E-state index is 12.1. The summed E-state index contributed by atoms with van der Waals surface area (Å²) in [5, 5.41) is 0. The first-order valence-electron chi connectivity index (χ1n) is 6.40. The third-order valence-electron chi connectivity index (χ3n) is 3.42. The zero-order valence-electron chi connectivity index (χ0n) is 11.0. The average Bonchev–Trinajstić information content (AvgIpc) is 2.67. The summed E-state index contributed by atoms with van der Waals surface area (Å²) in [5.74, 6) is 0.706. The van der Waals surface area contributed by atoms with Crippen molar-refractivity contribution in [3.8, 4) is 0 Å². The number of nitrogens with two attached hydrogens (primary N) is 1. The second-order valence-electron chi connectivity index (χ2n) is 5.18. The second-order valence-corrected chi connectivity index (χ2v) is 5.18. The third kappa shape index (κ3) is 2.92. The van der Waals surface area contributed by atoms with E-state index < -0.39 is 0 Å². The number of rotatable bonds is 2. The van der Waals surface area contributed by atoms with Crippen molar-refractivity contribution in [2.24, 2.45) is 5.92 Å². The molecular formula is C15H20N2O. The molecule has 0 saturated carbocycles. The molecule has 0 bridgehead atoms. The lowest BCUT2D eigenvalue weighted by Gasteiger charge is -2.19. The zero-order chi connectivity index (χ0) is 13.1. The van der Waals surface area contributed by atoms with Gasteiger partial charge in [0, 0.05) is 24.4 Å². The Labute approximate surface area is 108 Å². The molecule has 0 aliphatic carbocycles. The maximum atomic E-state index is 12.1. The molecule has 1 aromatic rings. The predicted octanol–water partition coefficient (Wildman–Crippen LogP) is 2.54. The molecule has 96 valence electrons. The molecule has 2 unspecified atom stereocenters. The molecule has 1 amide bonds. The number of carbonyl (C=O) groups is 1. The van der Waals surface area contributed by atoms with Crippen LogP contribution in [0, 0.1) is 5.92 Å². The highest BCUT2D eigenvalue weighted by molar-refractivity contribution is 5.92. The number of likely N-dealkylation sites (tertiary alicyclic amines) is 1. The van der Waals surface area contributed by atoms with E-state index in [1.807, 2.05) is 35.2 Å². The van der Waals surface area contributed by atoms with E-state index in [9.17, 15) is 4.79 Å². The van der Waals surface area contributed by atoms with Gasteiger partial charge in [0.2, 0.25) is 5.91 Å². The van der Waals surface area contributed by atoms with Gasteiger partial charge in [0.25, 0.3) is 0 Å². The van der Waals surface area contributed by atoms with Gasteiger partial charge in [0.1, 0.15) is 0 Å². The standard InChI is InChI=1S/C15H20N2O/c1-11-9-12(2)17(10-11)15(18)8-5-13-3-6-14(16)7-4-13/h3-8,11-12H,9-10,16H2,1-2H3/b8-5+. The SMILES string of the molecule is CC1CC(C)N(C(=O)/C=C/c2ccc(N)cc2)C1. The minimum Gasteiger partial charge on any atom is -0.399 e. The third-order valence-corrected chi connectivity index (χ3v) is 3.42. The van der Waals surface area contributed by atoms with Gasteiger partial charge in [0.15, 0.2) is 0 Å². The Kier molecular flexibility index (Phi) is 3.70. The molecule has 18 heavy (non-hydrogen) atoms. The van der Waals surface area contributed by atoms with Crippen LogP contribution in [0.5, 0.6) is 0 Å². The van der Waals surface area contributed by atoms with Gasteiger partial charge in [-0.15, -0.1) is 0 Å². The summed E-state index contributed by atoms with van der Waals surface area (Å²) >= 11 is 0. The largest absolute Gasteiger partial charge is 0.399 e. The van der Waals surface area contributed by atoms with Gasteiger partial charge in [-0.05, 0) is 43.0 Å². The first-order valence-corrected chi connectivity index (χ1v) is 6.40. The number of carbonyl (C=O) groups excluding carboxylic acids is 1. The van der Waals surface area contributed by atoms with Crippen LogP contribution in [0.4, 0.5) is 5.69 Å². The van der Waals surface area contributed by atoms with Crippen LogP contribution in [0.2, 0.25) is 0 Å². The molecule has 1 aromatic carbocycles. The zero-order valence-corrected chi connectivity index (χ0v) is 11.0. The fourth-order valence-electron chi connectivity index (χ4n) is 2.48. The summed E-state index contributed by atoms with van der Waals surface area (Å²) < 4.78 is 0. The fourth-order valence-corrected chi connectivity index (χ4v) is 2.48. The van der Waals surface area contributed by atoms with Crippen molar-refractivity contribution >= 4 is 17.7 Å². The van der Waals surface area contributed by atoms with Crippen molar-refractivity contribution in [1.82, 2.24) is 4.90 Å². The summed E-state index contributed by atoms with van der Waals surface area (Å²) in [6.07, 6.45) is 4.60. The van der Waals surface area contributed by atoms with Gasteiger partial charge >= 0.3 is 0 Å². The Hall–Kier alpha value is -1.77. The number of anilines is 1. The topological polar surface area (TPSA) is 46.3 Å². The highest BCUT2D eigenvalue weighted by atomic mass is 16.2. The quantitative estimate of drug-likeness (QED) is 0.642. The number of benzene rings is 1. The molecule has 2 rings (SSSR count). The summed E-state index contributed by atoms with van der Waals surface area (Å²) in [6.45, 7) is 5.16. The van der Waals surface area contributed by atoms with E-state index in [4.69, 9.17) is 5.73 Å². The Morgan fingerprint density at radius 3 is 2.56 bits per heavy atom. The van der Waals surface area contributed by atoms with E-state index in [-0.39, 0.29) is 5.91 Å². The van der Waals surface area contributed by atoms with Crippen molar-refractivity contribution in [3.63, 3.8) is 0 Å². The van der Waals surface area contributed by atoms with Crippen LogP contribution in [0.15, 0.2) is 30.3 Å². The van der Waals surface area contributed by atoms with E-state index in [0.29, 0.717) is 12.0 Å². The van der Waals surface area contributed by atoms with Crippen LogP contribution < -0.4 is 5.73 Å². The molecule has 3 nitrogen and oxygen atoms in total. The Morgan fingerprint density at radius 1 is 1.33 bits per heavy atom. The van der Waals surface area contributed by atoms with Gasteiger partial charge in [-0.3, -0.25) is 4.79 Å². The lowest BCUT2D eigenvalue weighted by molar-refractivity contribution is -0.126. The number of hydrogen-bond acceptors (Lipinski definition) is 2. The van der Waals surface area contributed by atoms with Crippen molar-refractivity contribution in [2.75, 3.05) is 12.3 Å². The van der Waals surface area contributed by atoms with Crippen LogP contribution in [0.3, 0.4) is 0 Å². The molecule has 0 aromatic heterocycles. The molecule has 3 heteroatoms. The van der Waals surface area contributed by atoms with E-state index in [0.717, 1.165) is 24.2 Å². The lowest BCUT2D eigenvalue weighted by atomic mass is 10.1. The first-order chi connectivity index (χ1) is 8.56. The molecular weight excluding hydrogens is 224 g/mol. The minimum absolute atomic E-state index is 0.101. The summed E-state index contributed by atoms with van der Waals surface area (Å²) in [7, 11) is 0. The van der Waals surface area contributed by atoms with Gasteiger partial charge in [-0.1, -0.05) is 19.1 Å².